The van der Waals surface area contributed by atoms with Gasteiger partial charge in [0, 0.05) is 24.0 Å². The predicted molar refractivity (Wildman–Crippen MR) is 165 cm³/mol. The second kappa shape index (κ2) is 18.1. The van der Waals surface area contributed by atoms with Gasteiger partial charge in [0.05, 0.1) is 19.1 Å². The lowest BCUT2D eigenvalue weighted by molar-refractivity contribution is -0.212. The van der Waals surface area contributed by atoms with Gasteiger partial charge in [-0.05, 0) is 24.1 Å². The molecule has 0 aromatic heterocycles. The molecule has 3 rings (SSSR count). The third-order valence-corrected chi connectivity index (χ3v) is 6.75. The molecule has 2 aromatic rings. The quantitative estimate of drug-likeness (QED) is 0.153. The van der Waals surface area contributed by atoms with E-state index in [2.05, 4.69) is 40.0 Å². The molecule has 5 amide bonds. The summed E-state index contributed by atoms with van der Waals surface area (Å²) in [5.74, 6) is -4.91. The first-order valence-electron chi connectivity index (χ1n) is 15.2. The number of primary amides is 1. The third-order valence-electron chi connectivity index (χ3n) is 6.75. The molecule has 13 nitrogen and oxygen atoms in total. The fraction of sp³-hybridized carbons (Fsp3) is 0.452. The van der Waals surface area contributed by atoms with E-state index in [-0.39, 0.29) is 12.0 Å². The maximum absolute atomic E-state index is 13.3. The van der Waals surface area contributed by atoms with Crippen LogP contribution in [0.25, 0.3) is 0 Å². The number of nitrogens with one attached hydrogen (secondary N) is 4. The highest BCUT2D eigenvalue weighted by molar-refractivity contribution is 5.97. The van der Waals surface area contributed by atoms with E-state index in [9.17, 15) is 55.4 Å². The van der Waals surface area contributed by atoms with Crippen LogP contribution in [-0.2, 0) is 31.3 Å². The second-order valence-electron chi connectivity index (χ2n) is 11.0. The zero-order valence-corrected chi connectivity index (χ0v) is 26.9. The maximum Gasteiger partial charge on any atom is 0.442 e. The van der Waals surface area contributed by atoms with Crippen molar-refractivity contribution >= 4 is 29.5 Å². The third kappa shape index (κ3) is 12.4. The summed E-state index contributed by atoms with van der Waals surface area (Å²) in [5.41, 5.74) is 2.09. The lowest BCUT2D eigenvalue weighted by Gasteiger charge is -2.26. The van der Waals surface area contributed by atoms with Crippen molar-refractivity contribution < 1.29 is 55.4 Å². The zero-order chi connectivity index (χ0) is 37.7. The van der Waals surface area contributed by atoms with E-state index >= 15 is 0 Å². The van der Waals surface area contributed by atoms with Crippen molar-refractivity contribution in [2.24, 2.45) is 16.0 Å². The van der Waals surface area contributed by atoms with Crippen LogP contribution in [0.1, 0.15) is 54.6 Å². The van der Waals surface area contributed by atoms with Crippen molar-refractivity contribution in [1.82, 2.24) is 21.3 Å². The first kappa shape index (κ1) is 41.1. The highest BCUT2D eigenvalue weighted by Crippen LogP contribution is 2.52. The Bertz CT molecular complexity index is 1520. The molecule has 0 spiro atoms. The van der Waals surface area contributed by atoms with Gasteiger partial charge in [0.2, 0.25) is 23.6 Å². The molecule has 0 aliphatic carbocycles. The van der Waals surface area contributed by atoms with E-state index in [0.29, 0.717) is 5.56 Å². The van der Waals surface area contributed by atoms with E-state index in [4.69, 9.17) is 5.73 Å². The Labute approximate surface area is 282 Å². The Morgan fingerprint density at radius 3 is 1.98 bits per heavy atom. The molecule has 1 aliphatic rings. The fourth-order valence-electron chi connectivity index (χ4n) is 4.27. The number of amides is 5. The van der Waals surface area contributed by atoms with E-state index in [1.165, 1.54) is 18.6 Å². The highest BCUT2D eigenvalue weighted by Gasteiger charge is 2.65. The van der Waals surface area contributed by atoms with E-state index in [1.807, 2.05) is 5.32 Å². The molecule has 0 bridgehead atoms. The van der Waals surface area contributed by atoms with Crippen LogP contribution in [0.4, 0.5) is 26.3 Å². The highest BCUT2D eigenvalue weighted by atomic mass is 19.4. The molecule has 50 heavy (non-hydrogen) atoms. The number of benzene rings is 2. The van der Waals surface area contributed by atoms with Crippen LogP contribution in [0, 0.1) is 0 Å². The lowest BCUT2D eigenvalue weighted by atomic mass is 10.00. The SMILES string of the molecule is CCC.NC(=O)CCC(NC(=O)CNC(=O)[C@H](Cc1ccccc1)NC(=O)CNC(=O)c1cccc(C2(C(F)(F)F)N=N2)c1)C(O)C(F)(F)F. The van der Waals surface area contributed by atoms with Crippen LogP contribution in [0.2, 0.25) is 0 Å². The Kier molecular flexibility index (Phi) is 14.9. The van der Waals surface area contributed by atoms with E-state index < -0.39 is 97.2 Å². The molecule has 2 aromatic carbocycles. The summed E-state index contributed by atoms with van der Waals surface area (Å²) in [6.45, 7) is 2.64. The Morgan fingerprint density at radius 2 is 1.44 bits per heavy atom. The molecule has 0 radical (unpaired) electrons. The van der Waals surface area contributed by atoms with Gasteiger partial charge in [0.15, 0.2) is 6.10 Å². The number of carbonyl (C=O) groups excluding carboxylic acids is 5. The molecule has 3 atom stereocenters. The number of nitrogens with zero attached hydrogens (tertiary/aromatic N) is 2. The minimum Gasteiger partial charge on any atom is -0.382 e. The summed E-state index contributed by atoms with van der Waals surface area (Å²) in [6, 6.07) is 9.24. The van der Waals surface area contributed by atoms with Gasteiger partial charge in [-0.15, -0.1) is 10.2 Å². The molecule has 0 saturated carbocycles. The van der Waals surface area contributed by atoms with Gasteiger partial charge < -0.3 is 32.1 Å². The smallest absolute Gasteiger partial charge is 0.382 e. The number of halogens is 6. The van der Waals surface area contributed by atoms with E-state index in [0.717, 1.165) is 12.1 Å². The van der Waals surface area contributed by atoms with Gasteiger partial charge in [0.1, 0.15) is 6.04 Å². The summed E-state index contributed by atoms with van der Waals surface area (Å²) in [6.07, 6.45) is -13.1. The Balaban J connectivity index is 0.00000278. The Hall–Kier alpha value is -5.07. The van der Waals surface area contributed by atoms with Crippen LogP contribution in [-0.4, -0.2) is 78.3 Å². The summed E-state index contributed by atoms with van der Waals surface area (Å²) in [5, 5.41) is 24.4. The summed E-state index contributed by atoms with van der Waals surface area (Å²) < 4.78 is 79.1. The maximum atomic E-state index is 13.3. The van der Waals surface area contributed by atoms with Crippen molar-refractivity contribution in [3.05, 3.63) is 71.3 Å². The van der Waals surface area contributed by atoms with Crippen molar-refractivity contribution in [3.63, 3.8) is 0 Å². The van der Waals surface area contributed by atoms with Crippen molar-refractivity contribution in [1.29, 1.82) is 0 Å². The van der Waals surface area contributed by atoms with Gasteiger partial charge in [-0.25, -0.2) is 0 Å². The number of alkyl halides is 6. The van der Waals surface area contributed by atoms with Crippen LogP contribution >= 0.6 is 0 Å². The molecule has 2 unspecified atom stereocenters. The normalized spacial score (nSPS) is 14.9. The minimum absolute atomic E-state index is 0.128. The molecule has 0 saturated heterocycles. The number of hydrogen-bond acceptors (Lipinski definition) is 8. The van der Waals surface area contributed by atoms with Gasteiger partial charge in [0.25, 0.3) is 5.91 Å². The average molecular weight is 718 g/mol. The van der Waals surface area contributed by atoms with Crippen molar-refractivity contribution in [2.45, 2.75) is 75.7 Å². The molecule has 19 heteroatoms. The summed E-state index contributed by atoms with van der Waals surface area (Å²) in [4.78, 5) is 61.6. The van der Waals surface area contributed by atoms with Crippen LogP contribution in [0.15, 0.2) is 64.8 Å². The lowest BCUT2D eigenvalue weighted by Crippen LogP contribution is -2.54. The first-order chi connectivity index (χ1) is 23.3. The molecular weight excluding hydrogens is 680 g/mol. The Morgan fingerprint density at radius 1 is 0.860 bits per heavy atom. The standard InChI is InChI=1S/C28H29F6N7O6.C3H8/c29-27(30,31)23(45)18(9-10-20(35)42)38-21(43)14-37-25(47)19(11-15-5-2-1-3-6-15)39-22(44)13-36-24(46)16-7-4-8-17(12-16)26(40-41-26)28(32,33)34;1-3-2/h1-8,12,18-19,23,45H,9-11,13-14H2,(H2,35,42)(H,36,46)(H,37,47)(H,38,43)(H,39,44);3H2,1-2H3/t18?,19-,23?;/m0./s1. The van der Waals surface area contributed by atoms with Gasteiger partial charge in [-0.2, -0.15) is 26.3 Å². The molecule has 0 fully saturated rings. The number of nitrogens with two attached hydrogens (primary N) is 1. The van der Waals surface area contributed by atoms with Crippen molar-refractivity contribution in [2.75, 3.05) is 13.1 Å². The molecule has 1 aliphatic heterocycles. The van der Waals surface area contributed by atoms with Crippen LogP contribution < -0.4 is 27.0 Å². The number of aliphatic hydroxyl groups is 1. The molecule has 7 N–H and O–H groups in total. The topological polar surface area (TPSA) is 204 Å². The largest absolute Gasteiger partial charge is 0.442 e. The number of aliphatic hydroxyl groups excluding tert-OH is 1. The zero-order valence-electron chi connectivity index (χ0n) is 26.9. The van der Waals surface area contributed by atoms with Crippen molar-refractivity contribution in [3.8, 4) is 0 Å². The summed E-state index contributed by atoms with van der Waals surface area (Å²) >= 11 is 0. The number of rotatable bonds is 15. The predicted octanol–water partition coefficient (Wildman–Crippen LogP) is 2.53. The first-order valence-corrected chi connectivity index (χ1v) is 15.2. The summed E-state index contributed by atoms with van der Waals surface area (Å²) in [7, 11) is 0. The molecular formula is C31H37F6N7O6. The minimum atomic E-state index is -5.14. The van der Waals surface area contributed by atoms with E-state index in [1.54, 1.807) is 30.3 Å². The number of hydrogen-bond donors (Lipinski definition) is 6. The van der Waals surface area contributed by atoms with Gasteiger partial charge in [-0.3, -0.25) is 24.0 Å². The average Bonchev–Trinajstić information content (AvgIpc) is 3.87. The fourth-order valence-corrected chi connectivity index (χ4v) is 4.27. The van der Waals surface area contributed by atoms with Gasteiger partial charge >= 0.3 is 18.0 Å². The second-order valence-corrected chi connectivity index (χ2v) is 11.0. The number of carbonyl (C=O) groups is 5. The monoisotopic (exact) mass is 717 g/mol. The van der Waals surface area contributed by atoms with Gasteiger partial charge in [-0.1, -0.05) is 62.7 Å². The van der Waals surface area contributed by atoms with Crippen LogP contribution in [0.3, 0.4) is 0 Å². The molecule has 274 valence electrons. The van der Waals surface area contributed by atoms with Crippen LogP contribution in [0.5, 0.6) is 0 Å². The molecule has 1 heterocycles.